The fourth-order valence-electron chi connectivity index (χ4n) is 1.99. The van der Waals surface area contributed by atoms with Crippen LogP contribution in [0.5, 0.6) is 0 Å². The molecule has 0 heterocycles. The van der Waals surface area contributed by atoms with Gasteiger partial charge in [-0.15, -0.1) is 0 Å². The first kappa shape index (κ1) is 16.4. The van der Waals surface area contributed by atoms with Gasteiger partial charge >= 0.3 is 5.97 Å². The summed E-state index contributed by atoms with van der Waals surface area (Å²) in [5.74, 6) is -0.923. The summed E-state index contributed by atoms with van der Waals surface area (Å²) < 4.78 is 0. The van der Waals surface area contributed by atoms with Gasteiger partial charge in [-0.1, -0.05) is 45.0 Å². The van der Waals surface area contributed by atoms with Gasteiger partial charge in [-0.25, -0.2) is 4.79 Å². The molecule has 0 aliphatic heterocycles. The Morgan fingerprint density at radius 1 is 1.30 bits per heavy atom. The smallest absolute Gasteiger partial charge is 0.328 e. The molecule has 3 heteroatoms. The van der Waals surface area contributed by atoms with Crippen molar-refractivity contribution in [1.82, 2.24) is 4.90 Å². The summed E-state index contributed by atoms with van der Waals surface area (Å²) in [5, 5.41) is 8.59. The molecule has 1 aromatic carbocycles. The first-order valence-electron chi connectivity index (χ1n) is 6.90. The number of nitrogens with zero attached hydrogens (tertiary/aromatic N) is 1. The van der Waals surface area contributed by atoms with Gasteiger partial charge < -0.3 is 5.11 Å². The third kappa shape index (κ3) is 5.17. The summed E-state index contributed by atoms with van der Waals surface area (Å²) in [7, 11) is 2.13. The summed E-state index contributed by atoms with van der Waals surface area (Å²) in [6.07, 6.45) is 2.76. The van der Waals surface area contributed by atoms with Crippen LogP contribution < -0.4 is 0 Å². The quantitative estimate of drug-likeness (QED) is 0.834. The summed E-state index contributed by atoms with van der Waals surface area (Å²) in [4.78, 5) is 12.8. The van der Waals surface area contributed by atoms with E-state index in [1.54, 1.807) is 6.08 Å². The number of benzene rings is 1. The maximum atomic E-state index is 10.5. The number of rotatable bonds is 5. The highest BCUT2D eigenvalue weighted by Gasteiger charge is 2.23. The molecule has 20 heavy (non-hydrogen) atoms. The van der Waals surface area contributed by atoms with Gasteiger partial charge in [0.05, 0.1) is 0 Å². The lowest BCUT2D eigenvalue weighted by atomic mass is 9.87. The van der Waals surface area contributed by atoms with Gasteiger partial charge in [-0.2, -0.15) is 0 Å². The molecule has 1 N–H and O–H groups in total. The zero-order valence-corrected chi connectivity index (χ0v) is 13.1. The molecule has 0 fully saturated rings. The third-order valence-electron chi connectivity index (χ3n) is 3.74. The van der Waals surface area contributed by atoms with Crippen LogP contribution in [0.4, 0.5) is 0 Å². The number of carboxylic acids is 1. The highest BCUT2D eigenvalue weighted by molar-refractivity contribution is 5.85. The van der Waals surface area contributed by atoms with Crippen LogP contribution in [0.3, 0.4) is 0 Å². The molecular formula is C17H25NO2. The van der Waals surface area contributed by atoms with Crippen molar-refractivity contribution < 1.29 is 9.90 Å². The lowest BCUT2D eigenvalue weighted by molar-refractivity contribution is -0.131. The summed E-state index contributed by atoms with van der Waals surface area (Å²) in [5.41, 5.74) is 2.39. The molecule has 0 aliphatic rings. The van der Waals surface area contributed by atoms with Crippen molar-refractivity contribution in [2.45, 2.75) is 40.3 Å². The van der Waals surface area contributed by atoms with E-state index >= 15 is 0 Å². The largest absolute Gasteiger partial charge is 0.478 e. The second-order valence-corrected chi connectivity index (χ2v) is 6.37. The molecule has 1 unspecified atom stereocenters. The van der Waals surface area contributed by atoms with Crippen LogP contribution in [0.25, 0.3) is 6.08 Å². The third-order valence-corrected chi connectivity index (χ3v) is 3.74. The van der Waals surface area contributed by atoms with Gasteiger partial charge in [-0.05, 0) is 36.6 Å². The maximum Gasteiger partial charge on any atom is 0.328 e. The first-order chi connectivity index (χ1) is 9.20. The van der Waals surface area contributed by atoms with Crippen molar-refractivity contribution in [1.29, 1.82) is 0 Å². The average molecular weight is 275 g/mol. The molecule has 3 nitrogen and oxygen atoms in total. The molecule has 0 bridgehead atoms. The molecule has 0 amide bonds. The van der Waals surface area contributed by atoms with Crippen molar-refractivity contribution in [3.63, 3.8) is 0 Å². The van der Waals surface area contributed by atoms with Crippen LogP contribution in [0.1, 0.15) is 38.8 Å². The minimum atomic E-state index is -0.923. The minimum Gasteiger partial charge on any atom is -0.478 e. The van der Waals surface area contributed by atoms with Crippen LogP contribution in [-0.4, -0.2) is 29.1 Å². The van der Waals surface area contributed by atoms with Crippen LogP contribution in [0, 0.1) is 5.41 Å². The zero-order valence-electron chi connectivity index (χ0n) is 13.1. The predicted octanol–water partition coefficient (Wildman–Crippen LogP) is 3.65. The molecule has 0 saturated heterocycles. The van der Waals surface area contributed by atoms with Gasteiger partial charge in [-0.3, -0.25) is 4.90 Å². The molecule has 1 rings (SSSR count). The van der Waals surface area contributed by atoms with Crippen LogP contribution in [-0.2, 0) is 11.3 Å². The fraction of sp³-hybridized carbons (Fsp3) is 0.471. The molecular weight excluding hydrogens is 250 g/mol. The Hall–Kier alpha value is -1.61. The molecule has 110 valence electrons. The number of aliphatic carboxylic acids is 1. The van der Waals surface area contributed by atoms with E-state index < -0.39 is 5.97 Å². The number of hydrogen-bond donors (Lipinski definition) is 1. The second-order valence-electron chi connectivity index (χ2n) is 6.37. The topological polar surface area (TPSA) is 40.5 Å². The summed E-state index contributed by atoms with van der Waals surface area (Å²) in [6.45, 7) is 9.86. The van der Waals surface area contributed by atoms with Gasteiger partial charge in [0.1, 0.15) is 0 Å². The van der Waals surface area contributed by atoms with E-state index in [0.29, 0.717) is 6.04 Å². The highest BCUT2D eigenvalue weighted by Crippen LogP contribution is 2.24. The minimum absolute atomic E-state index is 0.249. The number of hydrogen-bond acceptors (Lipinski definition) is 2. The lowest BCUT2D eigenvalue weighted by Gasteiger charge is -2.35. The Balaban J connectivity index is 2.68. The summed E-state index contributed by atoms with van der Waals surface area (Å²) in [6, 6.07) is 8.48. The van der Waals surface area contributed by atoms with Gasteiger partial charge in [0.2, 0.25) is 0 Å². The van der Waals surface area contributed by atoms with Gasteiger partial charge in [0.15, 0.2) is 0 Å². The lowest BCUT2D eigenvalue weighted by Crippen LogP contribution is -2.38. The van der Waals surface area contributed by atoms with Crippen molar-refractivity contribution in [3.8, 4) is 0 Å². The van der Waals surface area contributed by atoms with Gasteiger partial charge in [0.25, 0.3) is 0 Å². The fourth-order valence-corrected chi connectivity index (χ4v) is 1.99. The van der Waals surface area contributed by atoms with E-state index in [9.17, 15) is 4.79 Å². The van der Waals surface area contributed by atoms with E-state index in [0.717, 1.165) is 18.2 Å². The van der Waals surface area contributed by atoms with Crippen molar-refractivity contribution in [2.24, 2.45) is 5.41 Å². The van der Waals surface area contributed by atoms with Crippen LogP contribution >= 0.6 is 0 Å². The average Bonchev–Trinajstić information content (AvgIpc) is 2.35. The molecule has 0 aliphatic carbocycles. The molecule has 0 aromatic heterocycles. The Labute approximate surface area is 121 Å². The predicted molar refractivity (Wildman–Crippen MR) is 83.5 cm³/mol. The van der Waals surface area contributed by atoms with E-state index in [-0.39, 0.29) is 5.41 Å². The Morgan fingerprint density at radius 3 is 2.30 bits per heavy atom. The van der Waals surface area contributed by atoms with Crippen LogP contribution in [0.15, 0.2) is 30.3 Å². The SMILES string of the molecule is CC(N(C)Cc1ccc(C=CC(=O)O)cc1)C(C)(C)C. The molecule has 0 radical (unpaired) electrons. The normalized spacial score (nSPS) is 13.9. The molecule has 1 aromatic rings. The highest BCUT2D eigenvalue weighted by atomic mass is 16.4. The maximum absolute atomic E-state index is 10.5. The number of carbonyl (C=O) groups is 1. The standard InChI is InChI=1S/C17H25NO2/c1-13(17(2,3)4)18(5)12-15-8-6-14(7-9-15)10-11-16(19)20/h6-11,13H,12H2,1-5H3,(H,19,20). The van der Waals surface area contributed by atoms with E-state index in [1.807, 2.05) is 24.3 Å². The first-order valence-corrected chi connectivity index (χ1v) is 6.90. The molecule has 1 atom stereocenters. The molecule has 0 spiro atoms. The summed E-state index contributed by atoms with van der Waals surface area (Å²) >= 11 is 0. The van der Waals surface area contributed by atoms with E-state index in [4.69, 9.17) is 5.11 Å². The van der Waals surface area contributed by atoms with E-state index in [2.05, 4.69) is 39.6 Å². The Kier molecular flexibility index (Phi) is 5.52. The number of carboxylic acid groups (broad SMARTS) is 1. The zero-order chi connectivity index (χ0) is 15.3. The van der Waals surface area contributed by atoms with Crippen molar-refractivity contribution in [3.05, 3.63) is 41.5 Å². The van der Waals surface area contributed by atoms with Crippen molar-refractivity contribution >= 4 is 12.0 Å². The van der Waals surface area contributed by atoms with Crippen LogP contribution in [0.2, 0.25) is 0 Å². The van der Waals surface area contributed by atoms with Crippen molar-refractivity contribution in [2.75, 3.05) is 7.05 Å². The monoisotopic (exact) mass is 275 g/mol. The Morgan fingerprint density at radius 2 is 1.85 bits per heavy atom. The van der Waals surface area contributed by atoms with Gasteiger partial charge in [0, 0.05) is 18.7 Å². The second kappa shape index (κ2) is 6.71. The Bertz CT molecular complexity index is 469. The molecule has 0 saturated carbocycles. The van der Waals surface area contributed by atoms with E-state index in [1.165, 1.54) is 5.56 Å².